The van der Waals surface area contributed by atoms with Crippen LogP contribution in [0.25, 0.3) is 0 Å². The first-order valence-corrected chi connectivity index (χ1v) is 6.45. The Morgan fingerprint density at radius 2 is 1.71 bits per heavy atom. The van der Waals surface area contributed by atoms with Crippen molar-refractivity contribution >= 4 is 27.5 Å². The molecule has 0 nitrogen and oxygen atoms in total. The van der Waals surface area contributed by atoms with Crippen molar-refractivity contribution in [2.75, 3.05) is 0 Å². The number of rotatable bonds is 1. The molecule has 0 bridgehead atoms. The number of alkyl halides is 1. The molecule has 0 aliphatic heterocycles. The van der Waals surface area contributed by atoms with Crippen LogP contribution in [0.1, 0.15) is 37.2 Å². The fourth-order valence-corrected chi connectivity index (χ4v) is 2.99. The van der Waals surface area contributed by atoms with Crippen LogP contribution in [0.15, 0.2) is 24.3 Å². The van der Waals surface area contributed by atoms with E-state index in [9.17, 15) is 0 Å². The first-order chi connectivity index (χ1) is 6.77. The second kappa shape index (κ2) is 4.67. The van der Waals surface area contributed by atoms with Crippen molar-refractivity contribution in [1.82, 2.24) is 0 Å². The minimum Gasteiger partial charge on any atom is -0.0891 e. The van der Waals surface area contributed by atoms with Crippen LogP contribution < -0.4 is 0 Å². The van der Waals surface area contributed by atoms with Crippen molar-refractivity contribution in [3.63, 3.8) is 0 Å². The average Bonchev–Trinajstić information content (AvgIpc) is 2.20. The summed E-state index contributed by atoms with van der Waals surface area (Å²) in [6, 6.07) is 8.25. The van der Waals surface area contributed by atoms with Gasteiger partial charge in [0.1, 0.15) is 0 Å². The van der Waals surface area contributed by atoms with Crippen molar-refractivity contribution in [2.45, 2.75) is 36.4 Å². The summed E-state index contributed by atoms with van der Waals surface area (Å²) in [4.78, 5) is 0.723. The van der Waals surface area contributed by atoms with Crippen LogP contribution in [0, 0.1) is 0 Å². The molecule has 0 amide bonds. The van der Waals surface area contributed by atoms with Gasteiger partial charge in [-0.05, 0) is 43.2 Å². The molecule has 14 heavy (non-hydrogen) atoms. The van der Waals surface area contributed by atoms with Crippen molar-refractivity contribution in [2.24, 2.45) is 0 Å². The van der Waals surface area contributed by atoms with Gasteiger partial charge in [-0.15, -0.1) is 0 Å². The Bertz CT molecular complexity index is 303. The van der Waals surface area contributed by atoms with E-state index in [1.807, 2.05) is 12.1 Å². The van der Waals surface area contributed by atoms with E-state index in [1.54, 1.807) is 0 Å². The highest BCUT2D eigenvalue weighted by Gasteiger charge is 2.21. The molecule has 0 atom stereocenters. The van der Waals surface area contributed by atoms with Crippen LogP contribution in [-0.4, -0.2) is 4.83 Å². The summed E-state index contributed by atoms with van der Waals surface area (Å²) in [5, 5.41) is 0.936. The highest BCUT2D eigenvalue weighted by atomic mass is 79.9. The first kappa shape index (κ1) is 10.5. The summed E-state index contributed by atoms with van der Waals surface area (Å²) < 4.78 is 0. The van der Waals surface area contributed by atoms with Crippen LogP contribution in [0.2, 0.25) is 5.02 Å². The standard InChI is InChI=1S/C12H14BrCl/c13-10-7-5-9(6-8-10)11-3-1-2-4-12(11)14/h1-4,9-10H,5-8H2. The van der Waals surface area contributed by atoms with Crippen molar-refractivity contribution in [3.05, 3.63) is 34.9 Å². The highest BCUT2D eigenvalue weighted by Crippen LogP contribution is 2.38. The molecular weight excluding hydrogens is 259 g/mol. The molecule has 0 heterocycles. The van der Waals surface area contributed by atoms with Crippen LogP contribution in [0.4, 0.5) is 0 Å². The predicted octanol–water partition coefficient (Wildman–Crippen LogP) is 4.76. The number of hydrogen-bond donors (Lipinski definition) is 0. The molecule has 1 aromatic carbocycles. The van der Waals surface area contributed by atoms with E-state index in [1.165, 1.54) is 31.2 Å². The molecule has 2 heteroatoms. The van der Waals surface area contributed by atoms with Gasteiger partial charge >= 0.3 is 0 Å². The molecule has 1 aliphatic carbocycles. The maximum atomic E-state index is 6.18. The molecule has 1 aliphatic rings. The third-order valence-electron chi connectivity index (χ3n) is 3.00. The summed E-state index contributed by atoms with van der Waals surface area (Å²) in [5.41, 5.74) is 1.34. The van der Waals surface area contributed by atoms with Gasteiger partial charge in [0.15, 0.2) is 0 Å². The van der Waals surface area contributed by atoms with Gasteiger partial charge in [0, 0.05) is 9.85 Å². The lowest BCUT2D eigenvalue weighted by Gasteiger charge is -2.26. The molecular formula is C12H14BrCl. The van der Waals surface area contributed by atoms with Crippen LogP contribution >= 0.6 is 27.5 Å². The summed E-state index contributed by atoms with van der Waals surface area (Å²) in [7, 11) is 0. The van der Waals surface area contributed by atoms with Gasteiger partial charge in [-0.3, -0.25) is 0 Å². The fourth-order valence-electron chi connectivity index (χ4n) is 2.17. The Morgan fingerprint density at radius 1 is 1.07 bits per heavy atom. The quantitative estimate of drug-likeness (QED) is 0.647. The van der Waals surface area contributed by atoms with E-state index in [0.29, 0.717) is 5.92 Å². The van der Waals surface area contributed by atoms with Gasteiger partial charge in [0.25, 0.3) is 0 Å². The molecule has 76 valence electrons. The Morgan fingerprint density at radius 3 is 2.36 bits per heavy atom. The Balaban J connectivity index is 2.12. The molecule has 1 fully saturated rings. The zero-order valence-corrected chi connectivity index (χ0v) is 10.4. The van der Waals surface area contributed by atoms with E-state index in [-0.39, 0.29) is 0 Å². The lowest BCUT2D eigenvalue weighted by Crippen LogP contribution is -2.12. The van der Waals surface area contributed by atoms with E-state index < -0.39 is 0 Å². The smallest absolute Gasteiger partial charge is 0.0440 e. The van der Waals surface area contributed by atoms with Crippen molar-refractivity contribution < 1.29 is 0 Å². The molecule has 2 rings (SSSR count). The summed E-state index contributed by atoms with van der Waals surface area (Å²) in [5.74, 6) is 0.678. The van der Waals surface area contributed by atoms with Gasteiger partial charge in [0.05, 0.1) is 0 Å². The average molecular weight is 274 g/mol. The maximum Gasteiger partial charge on any atom is 0.0440 e. The minimum absolute atomic E-state index is 0.678. The molecule has 0 spiro atoms. The minimum atomic E-state index is 0.678. The zero-order valence-electron chi connectivity index (χ0n) is 8.05. The molecule has 0 saturated heterocycles. The lowest BCUT2D eigenvalue weighted by molar-refractivity contribution is 0.457. The third kappa shape index (κ3) is 2.32. The van der Waals surface area contributed by atoms with Crippen LogP contribution in [-0.2, 0) is 0 Å². The monoisotopic (exact) mass is 272 g/mol. The van der Waals surface area contributed by atoms with E-state index in [2.05, 4.69) is 28.1 Å². The van der Waals surface area contributed by atoms with E-state index in [0.717, 1.165) is 9.85 Å². The van der Waals surface area contributed by atoms with Gasteiger partial charge < -0.3 is 0 Å². The first-order valence-electron chi connectivity index (χ1n) is 5.16. The van der Waals surface area contributed by atoms with Gasteiger partial charge in [-0.1, -0.05) is 45.7 Å². The van der Waals surface area contributed by atoms with Crippen LogP contribution in [0.3, 0.4) is 0 Å². The second-order valence-corrected chi connectivity index (χ2v) is 5.67. The molecule has 0 aromatic heterocycles. The zero-order chi connectivity index (χ0) is 9.97. The van der Waals surface area contributed by atoms with Crippen molar-refractivity contribution in [1.29, 1.82) is 0 Å². The second-order valence-electron chi connectivity index (χ2n) is 3.97. The van der Waals surface area contributed by atoms with Gasteiger partial charge in [-0.2, -0.15) is 0 Å². The van der Waals surface area contributed by atoms with Crippen LogP contribution in [0.5, 0.6) is 0 Å². The maximum absolute atomic E-state index is 6.18. The predicted molar refractivity (Wildman–Crippen MR) is 65.4 cm³/mol. The summed E-state index contributed by atoms with van der Waals surface area (Å²) >= 11 is 9.86. The number of hydrogen-bond acceptors (Lipinski definition) is 0. The lowest BCUT2D eigenvalue weighted by atomic mass is 9.84. The highest BCUT2D eigenvalue weighted by molar-refractivity contribution is 9.09. The number of benzene rings is 1. The van der Waals surface area contributed by atoms with E-state index in [4.69, 9.17) is 11.6 Å². The molecule has 1 aromatic rings. The number of halogens is 2. The SMILES string of the molecule is Clc1ccccc1C1CCC(Br)CC1. The van der Waals surface area contributed by atoms with Crippen molar-refractivity contribution in [3.8, 4) is 0 Å². The molecule has 0 N–H and O–H groups in total. The normalized spacial score (nSPS) is 27.6. The van der Waals surface area contributed by atoms with Gasteiger partial charge in [-0.25, -0.2) is 0 Å². The molecule has 0 radical (unpaired) electrons. The summed E-state index contributed by atoms with van der Waals surface area (Å²) in [6.07, 6.45) is 5.07. The Labute approximate surface area is 98.8 Å². The molecule has 0 unspecified atom stereocenters. The molecule has 1 saturated carbocycles. The van der Waals surface area contributed by atoms with E-state index >= 15 is 0 Å². The summed E-state index contributed by atoms with van der Waals surface area (Å²) in [6.45, 7) is 0. The largest absolute Gasteiger partial charge is 0.0891 e. The topological polar surface area (TPSA) is 0 Å². The third-order valence-corrected chi connectivity index (χ3v) is 4.26. The van der Waals surface area contributed by atoms with Gasteiger partial charge in [0.2, 0.25) is 0 Å². The Hall–Kier alpha value is -0.0100. The fraction of sp³-hybridized carbons (Fsp3) is 0.500. The Kier molecular flexibility index (Phi) is 3.51.